The van der Waals surface area contributed by atoms with Crippen LogP contribution in [0.5, 0.6) is 5.75 Å². The molecule has 3 aromatic rings. The molecular weight excluding hydrogens is 532 g/mol. The standard InChI is InChI=1S/C26H34N4O4S2.ClH/c1-18-7-6-14-29(17-18)36(32,33)21-11-9-20(10-12-21)25(31)30(16-15-28(3)4)26-27-23-22(34-5)13-8-19(2)24(23)35-26;/h8-13,18H,6-7,14-17H2,1-5H3;1H. The quantitative estimate of drug-likeness (QED) is 0.394. The Morgan fingerprint density at radius 3 is 2.49 bits per heavy atom. The number of aromatic nitrogens is 1. The van der Waals surface area contributed by atoms with Crippen LogP contribution in [0, 0.1) is 12.8 Å². The minimum atomic E-state index is -3.58. The molecule has 0 bridgehead atoms. The molecule has 0 radical (unpaired) electrons. The van der Waals surface area contributed by atoms with Gasteiger partial charge in [0.15, 0.2) is 5.13 Å². The number of hydrogen-bond donors (Lipinski definition) is 0. The average Bonchev–Trinajstić information content (AvgIpc) is 3.30. The van der Waals surface area contributed by atoms with E-state index in [4.69, 9.17) is 9.72 Å². The lowest BCUT2D eigenvalue weighted by molar-refractivity contribution is 0.0985. The van der Waals surface area contributed by atoms with Gasteiger partial charge in [-0.25, -0.2) is 13.4 Å². The molecule has 0 saturated carbocycles. The first kappa shape index (κ1) is 29.3. The lowest BCUT2D eigenvalue weighted by atomic mass is 10.0. The number of ether oxygens (including phenoxy) is 1. The van der Waals surface area contributed by atoms with Gasteiger partial charge in [0.05, 0.1) is 16.7 Å². The maximum Gasteiger partial charge on any atom is 0.260 e. The maximum absolute atomic E-state index is 13.7. The van der Waals surface area contributed by atoms with Crippen molar-refractivity contribution in [2.45, 2.75) is 31.6 Å². The van der Waals surface area contributed by atoms with Gasteiger partial charge in [-0.2, -0.15) is 4.31 Å². The van der Waals surface area contributed by atoms with Gasteiger partial charge in [-0.3, -0.25) is 9.69 Å². The summed E-state index contributed by atoms with van der Waals surface area (Å²) in [5.41, 5.74) is 2.22. The van der Waals surface area contributed by atoms with Gasteiger partial charge in [0.2, 0.25) is 10.0 Å². The summed E-state index contributed by atoms with van der Waals surface area (Å²) in [5, 5.41) is 0.587. The monoisotopic (exact) mass is 566 g/mol. The molecule has 202 valence electrons. The molecule has 1 aliphatic heterocycles. The molecule has 0 spiro atoms. The van der Waals surface area contributed by atoms with Gasteiger partial charge in [0.1, 0.15) is 11.3 Å². The van der Waals surface area contributed by atoms with Gasteiger partial charge in [-0.15, -0.1) is 12.4 Å². The van der Waals surface area contributed by atoms with E-state index >= 15 is 0 Å². The second kappa shape index (κ2) is 12.1. The summed E-state index contributed by atoms with van der Waals surface area (Å²) in [6, 6.07) is 10.1. The molecule has 2 heterocycles. The number of thiazole rings is 1. The van der Waals surface area contributed by atoms with E-state index in [0.29, 0.717) is 48.5 Å². The molecule has 1 atom stereocenters. The Morgan fingerprint density at radius 2 is 1.86 bits per heavy atom. The fraction of sp³-hybridized carbons (Fsp3) is 0.462. The predicted molar refractivity (Wildman–Crippen MR) is 152 cm³/mol. The van der Waals surface area contributed by atoms with Gasteiger partial charge in [-0.05, 0) is 75.7 Å². The van der Waals surface area contributed by atoms with E-state index in [2.05, 4.69) is 6.92 Å². The van der Waals surface area contributed by atoms with E-state index in [1.54, 1.807) is 28.4 Å². The van der Waals surface area contributed by atoms with Gasteiger partial charge >= 0.3 is 0 Å². The van der Waals surface area contributed by atoms with Crippen molar-refractivity contribution < 1.29 is 17.9 Å². The fourth-order valence-electron chi connectivity index (χ4n) is 4.40. The SMILES string of the molecule is COc1ccc(C)c2sc(N(CCN(C)C)C(=O)c3ccc(S(=O)(=O)N4CCCC(C)C4)cc3)nc12.Cl. The first-order valence-corrected chi connectivity index (χ1v) is 14.4. The smallest absolute Gasteiger partial charge is 0.260 e. The summed E-state index contributed by atoms with van der Waals surface area (Å²) in [5.74, 6) is 0.790. The number of anilines is 1. The third kappa shape index (κ3) is 6.26. The van der Waals surface area contributed by atoms with Crippen LogP contribution >= 0.6 is 23.7 Å². The van der Waals surface area contributed by atoms with Crippen LogP contribution in [0.15, 0.2) is 41.3 Å². The number of piperidine rings is 1. The zero-order valence-electron chi connectivity index (χ0n) is 21.9. The second-order valence-corrected chi connectivity index (χ2v) is 12.6. The normalized spacial score (nSPS) is 16.5. The summed E-state index contributed by atoms with van der Waals surface area (Å²) in [6.07, 6.45) is 1.91. The van der Waals surface area contributed by atoms with E-state index in [-0.39, 0.29) is 23.2 Å². The Morgan fingerprint density at radius 1 is 1.16 bits per heavy atom. The molecule has 37 heavy (non-hydrogen) atoms. The van der Waals surface area contributed by atoms with Gasteiger partial charge in [0, 0.05) is 31.7 Å². The fourth-order valence-corrected chi connectivity index (χ4v) is 7.08. The molecule has 1 aromatic heterocycles. The van der Waals surface area contributed by atoms with Crippen LogP contribution in [0.25, 0.3) is 10.2 Å². The Labute approximate surface area is 229 Å². The highest BCUT2D eigenvalue weighted by Crippen LogP contribution is 2.37. The van der Waals surface area contributed by atoms with Crippen LogP contribution in [-0.2, 0) is 10.0 Å². The van der Waals surface area contributed by atoms with Crippen molar-refractivity contribution >= 4 is 55.0 Å². The molecule has 4 rings (SSSR count). The molecule has 11 heteroatoms. The van der Waals surface area contributed by atoms with Gasteiger partial charge in [-0.1, -0.05) is 24.3 Å². The number of carbonyl (C=O) groups is 1. The minimum absolute atomic E-state index is 0. The number of benzene rings is 2. The van der Waals surface area contributed by atoms with Gasteiger partial charge < -0.3 is 9.64 Å². The molecule has 1 aliphatic rings. The van der Waals surface area contributed by atoms with Crippen molar-refractivity contribution in [3.63, 3.8) is 0 Å². The molecule has 1 fully saturated rings. The zero-order valence-corrected chi connectivity index (χ0v) is 24.4. The summed E-state index contributed by atoms with van der Waals surface area (Å²) in [4.78, 5) is 22.3. The number of amides is 1. The predicted octanol–water partition coefficient (Wildman–Crippen LogP) is 4.66. The molecule has 0 aliphatic carbocycles. The third-order valence-electron chi connectivity index (χ3n) is 6.52. The average molecular weight is 567 g/mol. The first-order valence-electron chi connectivity index (χ1n) is 12.1. The first-order chi connectivity index (χ1) is 17.1. The molecule has 8 nitrogen and oxygen atoms in total. The Balaban J connectivity index is 0.00000380. The highest BCUT2D eigenvalue weighted by Gasteiger charge is 2.29. The third-order valence-corrected chi connectivity index (χ3v) is 9.61. The highest BCUT2D eigenvalue weighted by atomic mass is 35.5. The van der Waals surface area contributed by atoms with E-state index in [9.17, 15) is 13.2 Å². The molecule has 1 amide bonds. The largest absolute Gasteiger partial charge is 0.494 e. The van der Waals surface area contributed by atoms with E-state index in [1.165, 1.54) is 23.5 Å². The van der Waals surface area contributed by atoms with Crippen molar-refractivity contribution in [3.05, 3.63) is 47.5 Å². The number of fused-ring (bicyclic) bond motifs is 1. The van der Waals surface area contributed by atoms with Crippen molar-refractivity contribution in [2.24, 2.45) is 5.92 Å². The number of halogens is 1. The Bertz CT molecular complexity index is 1340. The van der Waals surface area contributed by atoms with E-state index in [1.807, 2.05) is 38.1 Å². The minimum Gasteiger partial charge on any atom is -0.494 e. The molecule has 1 saturated heterocycles. The number of sulfonamides is 1. The lowest BCUT2D eigenvalue weighted by Gasteiger charge is -2.30. The van der Waals surface area contributed by atoms with E-state index < -0.39 is 10.0 Å². The second-order valence-electron chi connectivity index (χ2n) is 9.65. The van der Waals surface area contributed by atoms with Crippen LogP contribution in [0.4, 0.5) is 5.13 Å². The lowest BCUT2D eigenvalue weighted by Crippen LogP contribution is -2.39. The van der Waals surface area contributed by atoms with Crippen LogP contribution in [-0.4, -0.2) is 75.9 Å². The highest BCUT2D eigenvalue weighted by molar-refractivity contribution is 7.89. The summed E-state index contributed by atoms with van der Waals surface area (Å²) >= 11 is 1.46. The van der Waals surface area contributed by atoms with Crippen molar-refractivity contribution in [2.75, 3.05) is 52.3 Å². The molecule has 0 N–H and O–H groups in total. The number of hydrogen-bond acceptors (Lipinski definition) is 7. The molecule has 2 aromatic carbocycles. The molecule has 1 unspecified atom stereocenters. The van der Waals surface area contributed by atoms with Gasteiger partial charge in [0.25, 0.3) is 5.91 Å². The Kier molecular flexibility index (Phi) is 9.57. The van der Waals surface area contributed by atoms with Crippen LogP contribution < -0.4 is 9.64 Å². The number of aryl methyl sites for hydroxylation is 1. The van der Waals surface area contributed by atoms with Crippen molar-refractivity contribution in [3.8, 4) is 5.75 Å². The van der Waals surface area contributed by atoms with Crippen LogP contribution in [0.2, 0.25) is 0 Å². The van der Waals surface area contributed by atoms with Crippen LogP contribution in [0.1, 0.15) is 35.7 Å². The molecular formula is C26H35ClN4O4S2. The summed E-state index contributed by atoms with van der Waals surface area (Å²) in [6.45, 7) is 6.24. The summed E-state index contributed by atoms with van der Waals surface area (Å²) < 4.78 is 34.3. The number of methoxy groups -OCH3 is 1. The van der Waals surface area contributed by atoms with Crippen molar-refractivity contribution in [1.29, 1.82) is 0 Å². The maximum atomic E-state index is 13.7. The number of likely N-dealkylation sites (N-methyl/N-ethyl adjacent to an activating group) is 1. The van der Waals surface area contributed by atoms with Crippen LogP contribution in [0.3, 0.4) is 0 Å². The topological polar surface area (TPSA) is 83.0 Å². The van der Waals surface area contributed by atoms with Crippen molar-refractivity contribution in [1.82, 2.24) is 14.2 Å². The number of rotatable bonds is 8. The Hall–Kier alpha value is -2.24. The summed E-state index contributed by atoms with van der Waals surface area (Å²) in [7, 11) is 1.93. The zero-order chi connectivity index (χ0) is 26.0. The van der Waals surface area contributed by atoms with E-state index in [0.717, 1.165) is 28.6 Å². The number of carbonyl (C=O) groups excluding carboxylic acids is 1. The number of nitrogens with zero attached hydrogens (tertiary/aromatic N) is 4.